The lowest BCUT2D eigenvalue weighted by Gasteiger charge is -2.45. The van der Waals surface area contributed by atoms with Gasteiger partial charge < -0.3 is 14.8 Å². The molecule has 2 fully saturated rings. The molecule has 3 nitrogen and oxygen atoms in total. The molecule has 1 aliphatic carbocycles. The van der Waals surface area contributed by atoms with E-state index >= 15 is 0 Å². The van der Waals surface area contributed by atoms with E-state index in [0.717, 1.165) is 45.1 Å². The van der Waals surface area contributed by atoms with Gasteiger partial charge in [0.25, 0.3) is 0 Å². The summed E-state index contributed by atoms with van der Waals surface area (Å²) in [6.07, 6.45) is 11.4. The molecule has 2 rings (SSSR count). The van der Waals surface area contributed by atoms with Gasteiger partial charge in [-0.05, 0) is 51.0 Å². The van der Waals surface area contributed by atoms with E-state index in [1.54, 1.807) is 0 Å². The molecule has 1 heterocycles. The highest BCUT2D eigenvalue weighted by atomic mass is 16.5. The van der Waals surface area contributed by atoms with Crippen LogP contribution in [0.4, 0.5) is 0 Å². The summed E-state index contributed by atoms with van der Waals surface area (Å²) in [5.74, 6) is 0.766. The van der Waals surface area contributed by atoms with Crippen LogP contribution in [0.1, 0.15) is 71.6 Å². The van der Waals surface area contributed by atoms with Gasteiger partial charge in [0.1, 0.15) is 0 Å². The Hall–Kier alpha value is -0.120. The van der Waals surface area contributed by atoms with E-state index in [1.807, 2.05) is 0 Å². The first-order chi connectivity index (χ1) is 10.3. The Balaban J connectivity index is 1.85. The van der Waals surface area contributed by atoms with Gasteiger partial charge in [0.15, 0.2) is 0 Å². The zero-order chi connectivity index (χ0) is 15.0. The van der Waals surface area contributed by atoms with Crippen molar-refractivity contribution in [1.29, 1.82) is 0 Å². The summed E-state index contributed by atoms with van der Waals surface area (Å²) in [4.78, 5) is 0. The summed E-state index contributed by atoms with van der Waals surface area (Å²) in [7, 11) is 0. The van der Waals surface area contributed by atoms with Crippen LogP contribution in [0.3, 0.4) is 0 Å². The highest BCUT2D eigenvalue weighted by Crippen LogP contribution is 2.41. The third kappa shape index (κ3) is 5.22. The van der Waals surface area contributed by atoms with Crippen molar-refractivity contribution in [2.45, 2.75) is 83.3 Å². The van der Waals surface area contributed by atoms with Crippen molar-refractivity contribution < 1.29 is 9.47 Å². The first-order valence-corrected chi connectivity index (χ1v) is 9.25. The maximum atomic E-state index is 6.25. The van der Waals surface area contributed by atoms with Crippen molar-refractivity contribution >= 4 is 0 Å². The molecule has 0 radical (unpaired) electrons. The smallest absolute Gasteiger partial charge is 0.0685 e. The average molecular weight is 297 g/mol. The van der Waals surface area contributed by atoms with Gasteiger partial charge in [0.2, 0.25) is 0 Å². The van der Waals surface area contributed by atoms with Gasteiger partial charge in [-0.1, -0.05) is 33.1 Å². The van der Waals surface area contributed by atoms with Crippen LogP contribution in [0.2, 0.25) is 0 Å². The molecule has 2 aliphatic rings. The monoisotopic (exact) mass is 297 g/mol. The van der Waals surface area contributed by atoms with Gasteiger partial charge in [0, 0.05) is 25.9 Å². The van der Waals surface area contributed by atoms with Crippen molar-refractivity contribution in [2.75, 3.05) is 26.4 Å². The standard InChI is InChI=1S/C18H35NO2/c1-3-12-20-13-9-17(19-4-2)16-8-14-21-18(15-16)10-6-5-7-11-18/h16-17,19H,3-15H2,1-2H3. The van der Waals surface area contributed by atoms with Crippen molar-refractivity contribution in [3.8, 4) is 0 Å². The molecule has 1 spiro atoms. The molecule has 0 aromatic heterocycles. The van der Waals surface area contributed by atoms with Gasteiger partial charge >= 0.3 is 0 Å². The van der Waals surface area contributed by atoms with Crippen molar-refractivity contribution in [3.05, 3.63) is 0 Å². The molecule has 0 amide bonds. The lowest BCUT2D eigenvalue weighted by Crippen LogP contribution is -2.48. The average Bonchev–Trinajstić information content (AvgIpc) is 2.51. The minimum absolute atomic E-state index is 0.221. The van der Waals surface area contributed by atoms with Crippen molar-refractivity contribution in [2.24, 2.45) is 5.92 Å². The molecular weight excluding hydrogens is 262 g/mol. The van der Waals surface area contributed by atoms with Crippen LogP contribution in [0.5, 0.6) is 0 Å². The zero-order valence-corrected chi connectivity index (χ0v) is 14.2. The van der Waals surface area contributed by atoms with Crippen LogP contribution in [0.15, 0.2) is 0 Å². The van der Waals surface area contributed by atoms with Crippen molar-refractivity contribution in [3.63, 3.8) is 0 Å². The topological polar surface area (TPSA) is 30.5 Å². The Bertz CT molecular complexity index is 271. The van der Waals surface area contributed by atoms with Gasteiger partial charge in [-0.15, -0.1) is 0 Å². The molecule has 1 saturated carbocycles. The Kier molecular flexibility index (Phi) is 7.48. The predicted octanol–water partition coefficient (Wildman–Crippen LogP) is 3.91. The predicted molar refractivity (Wildman–Crippen MR) is 87.7 cm³/mol. The Morgan fingerprint density at radius 2 is 2.00 bits per heavy atom. The van der Waals surface area contributed by atoms with Crippen LogP contribution >= 0.6 is 0 Å². The van der Waals surface area contributed by atoms with Gasteiger partial charge in [-0.3, -0.25) is 0 Å². The minimum Gasteiger partial charge on any atom is -0.381 e. The van der Waals surface area contributed by atoms with Gasteiger partial charge in [0.05, 0.1) is 5.60 Å². The number of ether oxygens (including phenoxy) is 2. The Morgan fingerprint density at radius 3 is 2.71 bits per heavy atom. The molecule has 1 saturated heterocycles. The van der Waals surface area contributed by atoms with Crippen LogP contribution in [0.25, 0.3) is 0 Å². The van der Waals surface area contributed by atoms with Crippen molar-refractivity contribution in [1.82, 2.24) is 5.32 Å². The fourth-order valence-corrected chi connectivity index (χ4v) is 4.18. The number of rotatable bonds is 8. The van der Waals surface area contributed by atoms with Crippen LogP contribution in [-0.2, 0) is 9.47 Å². The lowest BCUT2D eigenvalue weighted by molar-refractivity contribution is -0.122. The fourth-order valence-electron chi connectivity index (χ4n) is 4.18. The normalized spacial score (nSPS) is 26.9. The van der Waals surface area contributed by atoms with E-state index < -0.39 is 0 Å². The minimum atomic E-state index is 0.221. The van der Waals surface area contributed by atoms with E-state index in [2.05, 4.69) is 19.2 Å². The third-order valence-electron chi connectivity index (χ3n) is 5.25. The van der Waals surface area contributed by atoms with E-state index in [4.69, 9.17) is 9.47 Å². The first-order valence-electron chi connectivity index (χ1n) is 9.25. The largest absolute Gasteiger partial charge is 0.381 e. The summed E-state index contributed by atoms with van der Waals surface area (Å²) in [5, 5.41) is 3.72. The Morgan fingerprint density at radius 1 is 1.19 bits per heavy atom. The third-order valence-corrected chi connectivity index (χ3v) is 5.25. The quantitative estimate of drug-likeness (QED) is 0.689. The van der Waals surface area contributed by atoms with Gasteiger partial charge in [-0.2, -0.15) is 0 Å². The summed E-state index contributed by atoms with van der Waals surface area (Å²) in [6, 6.07) is 0.606. The summed E-state index contributed by atoms with van der Waals surface area (Å²) in [5.41, 5.74) is 0.221. The van der Waals surface area contributed by atoms with Crippen LogP contribution < -0.4 is 5.32 Å². The molecule has 3 heteroatoms. The van der Waals surface area contributed by atoms with Gasteiger partial charge in [-0.25, -0.2) is 0 Å². The van der Waals surface area contributed by atoms with Crippen LogP contribution in [0, 0.1) is 5.92 Å². The highest BCUT2D eigenvalue weighted by Gasteiger charge is 2.40. The fraction of sp³-hybridized carbons (Fsp3) is 1.00. The zero-order valence-electron chi connectivity index (χ0n) is 14.2. The number of hydrogen-bond acceptors (Lipinski definition) is 3. The van der Waals surface area contributed by atoms with E-state index in [-0.39, 0.29) is 5.60 Å². The Labute approximate surface area is 131 Å². The second-order valence-electron chi connectivity index (χ2n) is 6.91. The molecule has 0 aromatic carbocycles. The summed E-state index contributed by atoms with van der Waals surface area (Å²) < 4.78 is 12.0. The number of hydrogen-bond donors (Lipinski definition) is 1. The number of nitrogens with one attached hydrogen (secondary N) is 1. The van der Waals surface area contributed by atoms with E-state index in [0.29, 0.717) is 6.04 Å². The summed E-state index contributed by atoms with van der Waals surface area (Å²) >= 11 is 0. The molecule has 0 aromatic rings. The second kappa shape index (κ2) is 9.12. The second-order valence-corrected chi connectivity index (χ2v) is 6.91. The molecular formula is C18H35NO2. The summed E-state index contributed by atoms with van der Waals surface area (Å²) in [6.45, 7) is 8.21. The molecule has 124 valence electrons. The lowest BCUT2D eigenvalue weighted by atomic mass is 9.73. The highest BCUT2D eigenvalue weighted by molar-refractivity contribution is 4.93. The van der Waals surface area contributed by atoms with E-state index in [9.17, 15) is 0 Å². The first kappa shape index (κ1) is 17.2. The van der Waals surface area contributed by atoms with Crippen LogP contribution in [-0.4, -0.2) is 38.0 Å². The maximum Gasteiger partial charge on any atom is 0.0685 e. The maximum absolute atomic E-state index is 6.25. The molecule has 1 aliphatic heterocycles. The SMILES string of the molecule is CCCOCCC(NCC)C1CCOC2(CCCCC2)C1. The molecule has 1 N–H and O–H groups in total. The molecule has 2 unspecified atom stereocenters. The molecule has 21 heavy (non-hydrogen) atoms. The molecule has 0 bridgehead atoms. The van der Waals surface area contributed by atoms with E-state index in [1.165, 1.54) is 44.9 Å². The molecule has 2 atom stereocenters.